The summed E-state index contributed by atoms with van der Waals surface area (Å²) in [7, 11) is 0.159. The van der Waals surface area contributed by atoms with Crippen LogP contribution in [0.15, 0.2) is 16.3 Å². The molecular formula is C13H22N2O3S2. The number of ether oxygens (including phenoxy) is 1. The summed E-state index contributed by atoms with van der Waals surface area (Å²) in [4.78, 5) is 1.44. The standard InChI is InChI=1S/C13H22N2O3S2/c1-14-8-12-7-13(10-19-12)20(16,17)15(2)9-11-3-5-18-6-4-11/h7,10-11,14H,3-6,8-9H2,1-2H3. The van der Waals surface area contributed by atoms with Gasteiger partial charge in [0.2, 0.25) is 10.0 Å². The molecule has 1 aliphatic rings. The summed E-state index contributed by atoms with van der Waals surface area (Å²) in [5.74, 6) is 0.402. The maximum absolute atomic E-state index is 12.5. The fourth-order valence-corrected chi connectivity index (χ4v) is 4.86. The lowest BCUT2D eigenvalue weighted by atomic mass is 10.0. The number of hydrogen-bond acceptors (Lipinski definition) is 5. The van der Waals surface area contributed by atoms with Crippen LogP contribution in [-0.4, -0.2) is 46.6 Å². The molecule has 1 saturated heterocycles. The third-order valence-electron chi connectivity index (χ3n) is 3.55. The second kappa shape index (κ2) is 7.00. The van der Waals surface area contributed by atoms with E-state index in [2.05, 4.69) is 5.32 Å². The first-order chi connectivity index (χ1) is 9.54. The van der Waals surface area contributed by atoms with E-state index in [1.54, 1.807) is 18.5 Å². The minimum atomic E-state index is -3.36. The SMILES string of the molecule is CNCc1cc(S(=O)(=O)N(C)CC2CCOCC2)cs1. The largest absolute Gasteiger partial charge is 0.381 e. The fraction of sp³-hybridized carbons (Fsp3) is 0.692. The van der Waals surface area contributed by atoms with Crippen LogP contribution >= 0.6 is 11.3 Å². The number of hydrogen-bond donors (Lipinski definition) is 1. The van der Waals surface area contributed by atoms with E-state index >= 15 is 0 Å². The topological polar surface area (TPSA) is 58.6 Å². The van der Waals surface area contributed by atoms with Gasteiger partial charge in [-0.15, -0.1) is 11.3 Å². The summed E-state index contributed by atoms with van der Waals surface area (Å²) < 4.78 is 31.8. The summed E-state index contributed by atoms with van der Waals surface area (Å²) in [6.45, 7) is 2.75. The minimum absolute atomic E-state index is 0.402. The van der Waals surface area contributed by atoms with Gasteiger partial charge in [0.15, 0.2) is 0 Å². The van der Waals surface area contributed by atoms with Crippen molar-refractivity contribution in [2.75, 3.05) is 33.9 Å². The molecule has 0 amide bonds. The van der Waals surface area contributed by atoms with E-state index in [-0.39, 0.29) is 0 Å². The predicted molar refractivity (Wildman–Crippen MR) is 80.4 cm³/mol. The summed E-state index contributed by atoms with van der Waals surface area (Å²) in [6, 6.07) is 1.76. The van der Waals surface area contributed by atoms with Crippen LogP contribution in [0.1, 0.15) is 17.7 Å². The lowest BCUT2D eigenvalue weighted by Gasteiger charge is -2.26. The van der Waals surface area contributed by atoms with Crippen molar-refractivity contribution in [1.82, 2.24) is 9.62 Å². The van der Waals surface area contributed by atoms with Gasteiger partial charge in [-0.2, -0.15) is 0 Å². The molecule has 2 heterocycles. The molecule has 1 aromatic rings. The molecule has 5 nitrogen and oxygen atoms in total. The third kappa shape index (κ3) is 3.79. The first kappa shape index (κ1) is 15.9. The molecule has 0 atom stereocenters. The molecule has 0 bridgehead atoms. The number of rotatable bonds is 6. The average molecular weight is 318 g/mol. The molecule has 1 N–H and O–H groups in total. The predicted octanol–water partition coefficient (Wildman–Crippen LogP) is 1.51. The van der Waals surface area contributed by atoms with E-state index in [4.69, 9.17) is 4.74 Å². The number of sulfonamides is 1. The van der Waals surface area contributed by atoms with Crippen LogP contribution in [0.3, 0.4) is 0 Å². The van der Waals surface area contributed by atoms with Crippen LogP contribution in [0.2, 0.25) is 0 Å². The highest BCUT2D eigenvalue weighted by Gasteiger charge is 2.25. The Hall–Kier alpha value is -0.470. The Morgan fingerprint density at radius 2 is 2.15 bits per heavy atom. The molecule has 20 heavy (non-hydrogen) atoms. The van der Waals surface area contributed by atoms with Crippen LogP contribution in [0.4, 0.5) is 0 Å². The van der Waals surface area contributed by atoms with Crippen LogP contribution in [0, 0.1) is 5.92 Å². The van der Waals surface area contributed by atoms with Crippen molar-refractivity contribution in [2.45, 2.75) is 24.3 Å². The molecule has 1 aliphatic heterocycles. The molecule has 0 spiro atoms. The lowest BCUT2D eigenvalue weighted by Crippen LogP contribution is -2.34. The Bertz CT molecular complexity index is 521. The zero-order valence-corrected chi connectivity index (χ0v) is 13.6. The highest BCUT2D eigenvalue weighted by Crippen LogP contribution is 2.24. The Balaban J connectivity index is 2.03. The second-order valence-electron chi connectivity index (χ2n) is 5.12. The lowest BCUT2D eigenvalue weighted by molar-refractivity contribution is 0.0620. The maximum atomic E-state index is 12.5. The van der Waals surface area contributed by atoms with Crippen LogP contribution in [0.5, 0.6) is 0 Å². The van der Waals surface area contributed by atoms with E-state index in [1.807, 2.05) is 7.05 Å². The highest BCUT2D eigenvalue weighted by molar-refractivity contribution is 7.89. The first-order valence-electron chi connectivity index (χ1n) is 6.80. The second-order valence-corrected chi connectivity index (χ2v) is 8.16. The molecule has 2 rings (SSSR count). The normalized spacial score (nSPS) is 17.8. The van der Waals surface area contributed by atoms with Gasteiger partial charge in [0, 0.05) is 43.6 Å². The zero-order chi connectivity index (χ0) is 14.6. The van der Waals surface area contributed by atoms with Gasteiger partial charge in [0.25, 0.3) is 0 Å². The smallest absolute Gasteiger partial charge is 0.243 e. The van der Waals surface area contributed by atoms with Crippen molar-refractivity contribution in [3.63, 3.8) is 0 Å². The number of nitrogens with zero attached hydrogens (tertiary/aromatic N) is 1. The third-order valence-corrected chi connectivity index (χ3v) is 6.43. The molecule has 1 fully saturated rings. The minimum Gasteiger partial charge on any atom is -0.381 e. The Morgan fingerprint density at radius 1 is 1.45 bits per heavy atom. The summed E-state index contributed by atoms with van der Waals surface area (Å²) in [6.07, 6.45) is 1.88. The zero-order valence-electron chi connectivity index (χ0n) is 12.0. The molecule has 114 valence electrons. The van der Waals surface area contributed by atoms with Crippen molar-refractivity contribution in [2.24, 2.45) is 5.92 Å². The Kier molecular flexibility index (Phi) is 5.57. The molecule has 1 aromatic heterocycles. The van der Waals surface area contributed by atoms with Gasteiger partial charge < -0.3 is 10.1 Å². The van der Waals surface area contributed by atoms with Gasteiger partial charge in [-0.05, 0) is 31.9 Å². The van der Waals surface area contributed by atoms with Gasteiger partial charge in [0.05, 0.1) is 4.90 Å². The summed E-state index contributed by atoms with van der Waals surface area (Å²) in [5, 5.41) is 4.76. The molecular weight excluding hydrogens is 296 g/mol. The van der Waals surface area contributed by atoms with Crippen molar-refractivity contribution in [3.05, 3.63) is 16.3 Å². The van der Waals surface area contributed by atoms with Crippen molar-refractivity contribution in [3.8, 4) is 0 Å². The van der Waals surface area contributed by atoms with E-state index in [9.17, 15) is 8.42 Å². The number of nitrogens with one attached hydrogen (secondary N) is 1. The summed E-state index contributed by atoms with van der Waals surface area (Å²) >= 11 is 1.48. The van der Waals surface area contributed by atoms with Gasteiger partial charge >= 0.3 is 0 Å². The van der Waals surface area contributed by atoms with E-state index in [1.165, 1.54) is 15.6 Å². The van der Waals surface area contributed by atoms with Crippen LogP contribution in [-0.2, 0) is 21.3 Å². The van der Waals surface area contributed by atoms with E-state index in [0.717, 1.165) is 30.9 Å². The molecule has 0 aromatic carbocycles. The van der Waals surface area contributed by atoms with Gasteiger partial charge in [-0.3, -0.25) is 0 Å². The average Bonchev–Trinajstić information content (AvgIpc) is 2.89. The highest BCUT2D eigenvalue weighted by atomic mass is 32.2. The van der Waals surface area contributed by atoms with Crippen molar-refractivity contribution >= 4 is 21.4 Å². The monoisotopic (exact) mass is 318 g/mol. The van der Waals surface area contributed by atoms with E-state index < -0.39 is 10.0 Å². The van der Waals surface area contributed by atoms with Gasteiger partial charge in [-0.25, -0.2) is 12.7 Å². The molecule has 0 radical (unpaired) electrons. The molecule has 7 heteroatoms. The van der Waals surface area contributed by atoms with Crippen molar-refractivity contribution in [1.29, 1.82) is 0 Å². The number of thiophene rings is 1. The fourth-order valence-electron chi connectivity index (χ4n) is 2.33. The quantitative estimate of drug-likeness (QED) is 0.864. The Morgan fingerprint density at radius 3 is 2.80 bits per heavy atom. The van der Waals surface area contributed by atoms with Crippen LogP contribution < -0.4 is 5.32 Å². The molecule has 0 unspecified atom stereocenters. The van der Waals surface area contributed by atoms with Gasteiger partial charge in [0.1, 0.15) is 0 Å². The summed E-state index contributed by atoms with van der Waals surface area (Å²) in [5.41, 5.74) is 0. The van der Waals surface area contributed by atoms with Crippen molar-refractivity contribution < 1.29 is 13.2 Å². The van der Waals surface area contributed by atoms with Gasteiger partial charge in [-0.1, -0.05) is 0 Å². The Labute approximate surface area is 125 Å². The molecule has 0 saturated carbocycles. The van der Waals surface area contributed by atoms with E-state index in [0.29, 0.717) is 23.9 Å². The van der Waals surface area contributed by atoms with Crippen LogP contribution in [0.25, 0.3) is 0 Å². The first-order valence-corrected chi connectivity index (χ1v) is 9.12. The maximum Gasteiger partial charge on any atom is 0.243 e. The molecule has 0 aliphatic carbocycles.